The van der Waals surface area contributed by atoms with Crippen molar-refractivity contribution in [3.05, 3.63) is 57.8 Å². The SMILES string of the molecule is CC(C)(C)c1ccc(C(=O)NCC(c2ccsc2)N2CCOCC2)cc1. The molecule has 1 N–H and O–H groups in total. The van der Waals surface area contributed by atoms with Crippen LogP contribution in [0.4, 0.5) is 0 Å². The summed E-state index contributed by atoms with van der Waals surface area (Å²) in [5, 5.41) is 7.39. The third-order valence-corrected chi connectivity index (χ3v) is 5.58. The fourth-order valence-corrected chi connectivity index (χ4v) is 3.93. The average molecular weight is 373 g/mol. The molecule has 1 aliphatic rings. The van der Waals surface area contributed by atoms with Gasteiger partial charge in [0.25, 0.3) is 5.91 Å². The third kappa shape index (κ3) is 4.72. The van der Waals surface area contributed by atoms with Crippen molar-refractivity contribution in [3.63, 3.8) is 0 Å². The Morgan fingerprint density at radius 2 is 1.88 bits per heavy atom. The Morgan fingerprint density at radius 3 is 2.46 bits per heavy atom. The van der Waals surface area contributed by atoms with Crippen LogP contribution in [0.15, 0.2) is 41.1 Å². The Labute approximate surface area is 160 Å². The summed E-state index contributed by atoms with van der Waals surface area (Å²) in [4.78, 5) is 15.0. The molecule has 5 heteroatoms. The topological polar surface area (TPSA) is 41.6 Å². The minimum absolute atomic E-state index is 0.0149. The summed E-state index contributed by atoms with van der Waals surface area (Å²) in [6.07, 6.45) is 0. The lowest BCUT2D eigenvalue weighted by atomic mass is 9.87. The zero-order valence-electron chi connectivity index (χ0n) is 15.8. The lowest BCUT2D eigenvalue weighted by molar-refractivity contribution is 0.0163. The van der Waals surface area contributed by atoms with Crippen molar-refractivity contribution in [1.29, 1.82) is 0 Å². The number of hydrogen-bond acceptors (Lipinski definition) is 4. The van der Waals surface area contributed by atoms with Crippen LogP contribution in [-0.2, 0) is 10.2 Å². The van der Waals surface area contributed by atoms with Gasteiger partial charge in [-0.2, -0.15) is 11.3 Å². The van der Waals surface area contributed by atoms with E-state index in [0.717, 1.165) is 26.3 Å². The van der Waals surface area contributed by atoms with Crippen molar-refractivity contribution < 1.29 is 9.53 Å². The molecule has 1 fully saturated rings. The summed E-state index contributed by atoms with van der Waals surface area (Å²) in [6.45, 7) is 10.4. The summed E-state index contributed by atoms with van der Waals surface area (Å²) in [6, 6.07) is 10.3. The average Bonchev–Trinajstić information content (AvgIpc) is 3.16. The maximum atomic E-state index is 12.6. The lowest BCUT2D eigenvalue weighted by Crippen LogP contribution is -2.43. The van der Waals surface area contributed by atoms with E-state index < -0.39 is 0 Å². The largest absolute Gasteiger partial charge is 0.379 e. The molecular formula is C21H28N2O2S. The van der Waals surface area contributed by atoms with Crippen LogP contribution in [0.2, 0.25) is 0 Å². The summed E-state index contributed by atoms with van der Waals surface area (Å²) in [5.74, 6) is -0.0149. The number of ether oxygens (including phenoxy) is 1. The summed E-state index contributed by atoms with van der Waals surface area (Å²) in [7, 11) is 0. The molecule has 2 heterocycles. The number of carbonyl (C=O) groups is 1. The van der Waals surface area contributed by atoms with E-state index >= 15 is 0 Å². The number of amides is 1. The van der Waals surface area contributed by atoms with Gasteiger partial charge in [-0.15, -0.1) is 0 Å². The van der Waals surface area contributed by atoms with Gasteiger partial charge in [0.15, 0.2) is 0 Å². The van der Waals surface area contributed by atoms with E-state index in [4.69, 9.17) is 4.74 Å². The van der Waals surface area contributed by atoms with Crippen LogP contribution >= 0.6 is 11.3 Å². The monoisotopic (exact) mass is 372 g/mol. The zero-order valence-corrected chi connectivity index (χ0v) is 16.6. The minimum Gasteiger partial charge on any atom is -0.379 e. The van der Waals surface area contributed by atoms with Gasteiger partial charge in [0.1, 0.15) is 0 Å². The minimum atomic E-state index is -0.0149. The van der Waals surface area contributed by atoms with Gasteiger partial charge in [-0.3, -0.25) is 9.69 Å². The first kappa shape index (κ1) is 19.1. The molecule has 1 atom stereocenters. The van der Waals surface area contributed by atoms with Crippen LogP contribution in [0.25, 0.3) is 0 Å². The van der Waals surface area contributed by atoms with Crippen LogP contribution in [0.3, 0.4) is 0 Å². The Hall–Kier alpha value is -1.69. The van der Waals surface area contributed by atoms with Gasteiger partial charge in [-0.25, -0.2) is 0 Å². The molecule has 4 nitrogen and oxygen atoms in total. The first-order chi connectivity index (χ1) is 12.4. The van der Waals surface area contributed by atoms with Gasteiger partial charge < -0.3 is 10.1 Å². The number of nitrogens with zero attached hydrogens (tertiary/aromatic N) is 1. The van der Waals surface area contributed by atoms with E-state index in [2.05, 4.69) is 47.8 Å². The zero-order chi connectivity index (χ0) is 18.6. The molecule has 3 rings (SSSR count). The summed E-state index contributed by atoms with van der Waals surface area (Å²) in [5.41, 5.74) is 3.30. The van der Waals surface area contributed by atoms with Gasteiger partial charge in [0, 0.05) is 25.2 Å². The molecule has 1 amide bonds. The van der Waals surface area contributed by atoms with Gasteiger partial charge in [-0.05, 0) is 45.5 Å². The van der Waals surface area contributed by atoms with Gasteiger partial charge in [0.05, 0.1) is 19.3 Å². The van der Waals surface area contributed by atoms with Gasteiger partial charge >= 0.3 is 0 Å². The molecule has 0 radical (unpaired) electrons. The van der Waals surface area contributed by atoms with Crippen LogP contribution in [0.1, 0.15) is 48.3 Å². The number of thiophene rings is 1. The Kier molecular flexibility index (Phi) is 6.12. The molecule has 0 aliphatic carbocycles. The van der Waals surface area contributed by atoms with Crippen molar-refractivity contribution in [1.82, 2.24) is 10.2 Å². The molecular weight excluding hydrogens is 344 g/mol. The first-order valence-corrected chi connectivity index (χ1v) is 10.1. The standard InChI is InChI=1S/C21H28N2O2S/c1-21(2,3)18-6-4-16(5-7-18)20(24)22-14-19(17-8-13-26-15-17)23-9-11-25-12-10-23/h4-8,13,15,19H,9-12,14H2,1-3H3,(H,22,24). The van der Waals surface area contributed by atoms with Gasteiger partial charge in [0.2, 0.25) is 0 Å². The quantitative estimate of drug-likeness (QED) is 0.867. The highest BCUT2D eigenvalue weighted by molar-refractivity contribution is 7.07. The molecule has 0 spiro atoms. The second kappa shape index (κ2) is 8.33. The number of carbonyl (C=O) groups excluding carboxylic acids is 1. The molecule has 26 heavy (non-hydrogen) atoms. The van der Waals surface area contributed by atoms with Crippen molar-refractivity contribution in [2.45, 2.75) is 32.2 Å². The Bertz CT molecular complexity index is 699. The lowest BCUT2D eigenvalue weighted by Gasteiger charge is -2.34. The number of hydrogen-bond donors (Lipinski definition) is 1. The van der Waals surface area contributed by atoms with Crippen LogP contribution in [0.5, 0.6) is 0 Å². The van der Waals surface area contributed by atoms with Crippen LogP contribution in [0, 0.1) is 0 Å². The predicted molar refractivity (Wildman–Crippen MR) is 107 cm³/mol. The van der Waals surface area contributed by atoms with E-state index in [1.165, 1.54) is 11.1 Å². The summed E-state index contributed by atoms with van der Waals surface area (Å²) >= 11 is 1.70. The number of nitrogens with one attached hydrogen (secondary N) is 1. The van der Waals surface area contributed by atoms with Crippen molar-refractivity contribution >= 4 is 17.2 Å². The fraction of sp³-hybridized carbons (Fsp3) is 0.476. The van der Waals surface area contributed by atoms with Crippen molar-refractivity contribution in [2.75, 3.05) is 32.8 Å². The normalized spacial score (nSPS) is 17.0. The fourth-order valence-electron chi connectivity index (χ4n) is 3.22. The predicted octanol–water partition coefficient (Wildman–Crippen LogP) is 3.85. The number of rotatable bonds is 5. The highest BCUT2D eigenvalue weighted by Gasteiger charge is 2.23. The second-order valence-electron chi connectivity index (χ2n) is 7.76. The number of morpholine rings is 1. The maximum absolute atomic E-state index is 12.6. The van der Waals surface area contributed by atoms with Crippen LogP contribution < -0.4 is 5.32 Å². The Balaban J connectivity index is 1.65. The Morgan fingerprint density at radius 1 is 1.19 bits per heavy atom. The number of benzene rings is 1. The molecule has 0 bridgehead atoms. The second-order valence-corrected chi connectivity index (χ2v) is 8.54. The molecule has 1 aromatic heterocycles. The third-order valence-electron chi connectivity index (χ3n) is 4.88. The molecule has 1 saturated heterocycles. The molecule has 2 aromatic rings. The summed E-state index contributed by atoms with van der Waals surface area (Å²) < 4.78 is 5.47. The maximum Gasteiger partial charge on any atom is 0.251 e. The highest BCUT2D eigenvalue weighted by Crippen LogP contribution is 2.24. The van der Waals surface area contributed by atoms with Gasteiger partial charge in [-0.1, -0.05) is 32.9 Å². The van der Waals surface area contributed by atoms with Crippen molar-refractivity contribution in [2.24, 2.45) is 0 Å². The molecule has 140 valence electrons. The van der Waals surface area contributed by atoms with E-state index in [0.29, 0.717) is 12.1 Å². The molecule has 1 aliphatic heterocycles. The van der Waals surface area contributed by atoms with Crippen molar-refractivity contribution in [3.8, 4) is 0 Å². The van der Waals surface area contributed by atoms with E-state index in [-0.39, 0.29) is 17.4 Å². The smallest absolute Gasteiger partial charge is 0.251 e. The molecule has 0 saturated carbocycles. The first-order valence-electron chi connectivity index (χ1n) is 9.18. The van der Waals surface area contributed by atoms with E-state index in [1.54, 1.807) is 11.3 Å². The molecule has 1 unspecified atom stereocenters. The van der Waals surface area contributed by atoms with E-state index in [1.807, 2.05) is 24.3 Å². The van der Waals surface area contributed by atoms with E-state index in [9.17, 15) is 4.79 Å². The van der Waals surface area contributed by atoms with Crippen LogP contribution in [-0.4, -0.2) is 43.7 Å². The molecule has 1 aromatic carbocycles. The highest BCUT2D eigenvalue weighted by atomic mass is 32.1.